The summed E-state index contributed by atoms with van der Waals surface area (Å²) in [5, 5.41) is 0. The number of hydrogen-bond acceptors (Lipinski definition) is 5. The van der Waals surface area contributed by atoms with E-state index in [0.29, 0.717) is 17.2 Å². The van der Waals surface area contributed by atoms with E-state index in [0.717, 1.165) is 18.5 Å². The smallest absolute Gasteiger partial charge is 0.387 e. The predicted octanol–water partition coefficient (Wildman–Crippen LogP) is 2.98. The second-order valence-corrected chi connectivity index (χ2v) is 4.34. The molecule has 0 saturated heterocycles. The zero-order chi connectivity index (χ0) is 15.2. The van der Waals surface area contributed by atoms with Crippen molar-refractivity contribution in [2.24, 2.45) is 5.84 Å². The number of aryl methyl sites for hydroxylation is 1. The number of ether oxygens (including phenoxy) is 1. The zero-order valence-electron chi connectivity index (χ0n) is 11.5. The van der Waals surface area contributed by atoms with Gasteiger partial charge in [-0.05, 0) is 18.6 Å². The van der Waals surface area contributed by atoms with Crippen LogP contribution in [0.2, 0.25) is 0 Å². The molecular weight excluding hydrogens is 278 g/mol. The number of nitrogens with two attached hydrogens (primary N) is 1. The van der Waals surface area contributed by atoms with Crippen LogP contribution in [0.25, 0.3) is 11.4 Å². The van der Waals surface area contributed by atoms with Crippen molar-refractivity contribution in [1.82, 2.24) is 9.97 Å². The zero-order valence-corrected chi connectivity index (χ0v) is 11.5. The van der Waals surface area contributed by atoms with Crippen LogP contribution in [0.4, 0.5) is 14.6 Å². The summed E-state index contributed by atoms with van der Waals surface area (Å²) in [6, 6.07) is 8.12. The van der Waals surface area contributed by atoms with E-state index >= 15 is 0 Å². The van der Waals surface area contributed by atoms with E-state index in [1.807, 2.05) is 6.92 Å². The Bertz CT molecular complexity index is 607. The fourth-order valence-corrected chi connectivity index (χ4v) is 1.93. The monoisotopic (exact) mass is 294 g/mol. The van der Waals surface area contributed by atoms with Gasteiger partial charge in [-0.3, -0.25) is 0 Å². The van der Waals surface area contributed by atoms with Gasteiger partial charge in [-0.15, -0.1) is 0 Å². The summed E-state index contributed by atoms with van der Waals surface area (Å²) in [6.45, 7) is -0.886. The Labute approximate surface area is 121 Å². The molecule has 1 aromatic carbocycles. The fourth-order valence-electron chi connectivity index (χ4n) is 1.93. The second kappa shape index (κ2) is 6.94. The van der Waals surface area contributed by atoms with E-state index in [2.05, 4.69) is 20.1 Å². The molecule has 3 N–H and O–H groups in total. The Kier molecular flexibility index (Phi) is 4.99. The second-order valence-electron chi connectivity index (χ2n) is 4.34. The van der Waals surface area contributed by atoms with Crippen molar-refractivity contribution in [2.45, 2.75) is 26.4 Å². The van der Waals surface area contributed by atoms with Crippen molar-refractivity contribution in [3.8, 4) is 17.1 Å². The molecule has 0 bridgehead atoms. The molecule has 112 valence electrons. The summed E-state index contributed by atoms with van der Waals surface area (Å²) in [7, 11) is 0. The molecule has 0 aliphatic heterocycles. The highest BCUT2D eigenvalue weighted by molar-refractivity contribution is 5.65. The lowest BCUT2D eigenvalue weighted by Gasteiger charge is -2.11. The van der Waals surface area contributed by atoms with Crippen molar-refractivity contribution in [1.29, 1.82) is 0 Å². The van der Waals surface area contributed by atoms with Crippen molar-refractivity contribution in [2.75, 3.05) is 5.43 Å². The minimum Gasteiger partial charge on any atom is -0.434 e. The van der Waals surface area contributed by atoms with Crippen LogP contribution in [-0.4, -0.2) is 16.6 Å². The number of benzene rings is 1. The minimum absolute atomic E-state index is 0.0316. The lowest BCUT2D eigenvalue weighted by molar-refractivity contribution is -0.0494. The third kappa shape index (κ3) is 3.85. The Morgan fingerprint density at radius 1 is 1.29 bits per heavy atom. The summed E-state index contributed by atoms with van der Waals surface area (Å²) >= 11 is 0. The number of hydrogen-bond donors (Lipinski definition) is 2. The van der Waals surface area contributed by atoms with Crippen LogP contribution >= 0.6 is 0 Å². The highest BCUT2D eigenvalue weighted by Crippen LogP contribution is 2.29. The average Bonchev–Trinajstić information content (AvgIpc) is 2.47. The van der Waals surface area contributed by atoms with Gasteiger partial charge in [0.05, 0.1) is 5.56 Å². The molecule has 2 rings (SSSR count). The molecule has 2 aromatic rings. The molecule has 0 amide bonds. The van der Waals surface area contributed by atoms with Crippen LogP contribution in [0.3, 0.4) is 0 Å². The Balaban J connectivity index is 2.47. The third-order valence-electron chi connectivity index (χ3n) is 2.78. The molecule has 0 unspecified atom stereocenters. The van der Waals surface area contributed by atoms with Crippen molar-refractivity contribution in [3.63, 3.8) is 0 Å². The number of rotatable bonds is 6. The van der Waals surface area contributed by atoms with Gasteiger partial charge in [-0.1, -0.05) is 25.5 Å². The normalized spacial score (nSPS) is 10.7. The SMILES string of the molecule is CCCc1cc(NN)nc(-c2ccccc2OC(F)F)n1. The number of aromatic nitrogens is 2. The van der Waals surface area contributed by atoms with E-state index in [9.17, 15) is 8.78 Å². The maximum Gasteiger partial charge on any atom is 0.387 e. The number of alkyl halides is 2. The number of nitrogens with zero attached hydrogens (tertiary/aromatic N) is 2. The fraction of sp³-hybridized carbons (Fsp3) is 0.286. The summed E-state index contributed by atoms with van der Waals surface area (Å²) in [4.78, 5) is 8.58. The van der Waals surface area contributed by atoms with E-state index in [4.69, 9.17) is 5.84 Å². The molecule has 1 aromatic heterocycles. The maximum absolute atomic E-state index is 12.5. The number of hydrazine groups is 1. The molecule has 0 radical (unpaired) electrons. The molecule has 0 atom stereocenters. The van der Waals surface area contributed by atoms with Gasteiger partial charge in [0, 0.05) is 11.8 Å². The van der Waals surface area contributed by atoms with Gasteiger partial charge in [0.25, 0.3) is 0 Å². The van der Waals surface area contributed by atoms with E-state index in [1.165, 1.54) is 6.07 Å². The van der Waals surface area contributed by atoms with Crippen LogP contribution in [0.1, 0.15) is 19.0 Å². The quantitative estimate of drug-likeness (QED) is 0.633. The average molecular weight is 294 g/mol. The summed E-state index contributed by atoms with van der Waals surface area (Å²) in [5.41, 5.74) is 3.63. The molecule has 0 aliphatic carbocycles. The first-order valence-electron chi connectivity index (χ1n) is 6.52. The highest BCUT2D eigenvalue weighted by Gasteiger charge is 2.14. The standard InChI is InChI=1S/C14H16F2N4O/c1-2-5-9-8-12(20-17)19-13(18-9)10-6-3-4-7-11(10)21-14(15)16/h3-4,6-8,14H,2,5,17H2,1H3,(H,18,19,20). The first kappa shape index (κ1) is 15.1. The predicted molar refractivity (Wildman–Crippen MR) is 75.9 cm³/mol. The minimum atomic E-state index is -2.91. The Morgan fingerprint density at radius 3 is 2.71 bits per heavy atom. The molecule has 0 aliphatic rings. The Hall–Kier alpha value is -2.28. The number of anilines is 1. The van der Waals surface area contributed by atoms with Gasteiger partial charge < -0.3 is 10.2 Å². The van der Waals surface area contributed by atoms with Gasteiger partial charge in [0.2, 0.25) is 0 Å². The van der Waals surface area contributed by atoms with Gasteiger partial charge in [-0.2, -0.15) is 8.78 Å². The van der Waals surface area contributed by atoms with Crippen LogP contribution in [0.5, 0.6) is 5.75 Å². The van der Waals surface area contributed by atoms with Crippen LogP contribution < -0.4 is 16.0 Å². The van der Waals surface area contributed by atoms with E-state index in [-0.39, 0.29) is 5.75 Å². The van der Waals surface area contributed by atoms with E-state index < -0.39 is 6.61 Å². The molecule has 0 fully saturated rings. The number of nitrogen functional groups attached to an aromatic ring is 1. The molecule has 0 spiro atoms. The maximum atomic E-state index is 12.5. The van der Waals surface area contributed by atoms with Crippen LogP contribution in [0, 0.1) is 0 Å². The molecule has 1 heterocycles. The number of para-hydroxylation sites is 1. The summed E-state index contributed by atoms with van der Waals surface area (Å²) in [6.07, 6.45) is 1.64. The van der Waals surface area contributed by atoms with Crippen LogP contribution in [0.15, 0.2) is 30.3 Å². The van der Waals surface area contributed by atoms with Crippen molar-refractivity contribution in [3.05, 3.63) is 36.0 Å². The van der Waals surface area contributed by atoms with Gasteiger partial charge in [0.1, 0.15) is 11.6 Å². The van der Waals surface area contributed by atoms with Gasteiger partial charge >= 0.3 is 6.61 Å². The van der Waals surface area contributed by atoms with Crippen molar-refractivity contribution >= 4 is 5.82 Å². The highest BCUT2D eigenvalue weighted by atomic mass is 19.3. The Morgan fingerprint density at radius 2 is 2.05 bits per heavy atom. The third-order valence-corrected chi connectivity index (χ3v) is 2.78. The molecule has 21 heavy (non-hydrogen) atoms. The van der Waals surface area contributed by atoms with Gasteiger partial charge in [0.15, 0.2) is 5.82 Å². The molecular formula is C14H16F2N4O. The number of halogens is 2. The van der Waals surface area contributed by atoms with E-state index in [1.54, 1.807) is 24.3 Å². The lowest BCUT2D eigenvalue weighted by Crippen LogP contribution is -2.11. The first-order chi connectivity index (χ1) is 10.1. The van der Waals surface area contributed by atoms with Crippen molar-refractivity contribution < 1.29 is 13.5 Å². The summed E-state index contributed by atoms with van der Waals surface area (Å²) < 4.78 is 29.4. The first-order valence-corrected chi connectivity index (χ1v) is 6.52. The number of nitrogens with one attached hydrogen (secondary N) is 1. The molecule has 7 heteroatoms. The summed E-state index contributed by atoms with van der Waals surface area (Å²) in [5.74, 6) is 6.14. The topological polar surface area (TPSA) is 73.1 Å². The molecule has 0 saturated carbocycles. The largest absolute Gasteiger partial charge is 0.434 e. The molecule has 5 nitrogen and oxygen atoms in total. The lowest BCUT2D eigenvalue weighted by atomic mass is 10.1. The van der Waals surface area contributed by atoms with Crippen LogP contribution in [-0.2, 0) is 6.42 Å². The van der Waals surface area contributed by atoms with Gasteiger partial charge in [-0.25, -0.2) is 15.8 Å².